The molecule has 0 aliphatic heterocycles. The van der Waals surface area contributed by atoms with Crippen LogP contribution < -0.4 is 11.3 Å². The van der Waals surface area contributed by atoms with Gasteiger partial charge >= 0.3 is 0 Å². The van der Waals surface area contributed by atoms with E-state index >= 15 is 0 Å². The predicted molar refractivity (Wildman–Crippen MR) is 77.8 cm³/mol. The van der Waals surface area contributed by atoms with E-state index in [1.807, 2.05) is 40.9 Å². The second kappa shape index (κ2) is 5.07. The van der Waals surface area contributed by atoms with Gasteiger partial charge < -0.3 is 0 Å². The van der Waals surface area contributed by atoms with Crippen LogP contribution in [0.2, 0.25) is 0 Å². The molecule has 0 fully saturated rings. The molecule has 0 amide bonds. The summed E-state index contributed by atoms with van der Waals surface area (Å²) < 4.78 is 3.75. The maximum Gasteiger partial charge on any atom is 0.0936 e. The van der Waals surface area contributed by atoms with E-state index in [-0.39, 0.29) is 6.04 Å². The smallest absolute Gasteiger partial charge is 0.0936 e. The lowest BCUT2D eigenvalue weighted by atomic mass is 10.0. The average Bonchev–Trinajstić information content (AvgIpc) is 3.07. The average molecular weight is 270 g/mol. The minimum Gasteiger partial charge on any atom is -0.273 e. The first-order valence-electron chi connectivity index (χ1n) is 6.64. The van der Waals surface area contributed by atoms with Crippen LogP contribution in [0.3, 0.4) is 0 Å². The monoisotopic (exact) mass is 270 g/mol. The molecule has 0 radical (unpaired) electrons. The highest BCUT2D eigenvalue weighted by atomic mass is 15.3. The third-order valence-electron chi connectivity index (χ3n) is 3.54. The number of hydrazine groups is 1. The van der Waals surface area contributed by atoms with Gasteiger partial charge in [0.25, 0.3) is 0 Å². The first-order valence-corrected chi connectivity index (χ1v) is 6.64. The van der Waals surface area contributed by atoms with Gasteiger partial charge in [-0.3, -0.25) is 15.2 Å². The molecule has 2 heterocycles. The molecule has 1 aromatic carbocycles. The summed E-state index contributed by atoms with van der Waals surface area (Å²) in [5, 5.41) is 10.0. The molecule has 0 spiro atoms. The zero-order valence-corrected chi connectivity index (χ0v) is 11.6. The summed E-state index contributed by atoms with van der Waals surface area (Å²) in [5.74, 6) is 5.75. The van der Waals surface area contributed by atoms with Gasteiger partial charge in [-0.25, -0.2) is 5.43 Å². The molecule has 3 N–H and O–H groups in total. The lowest BCUT2D eigenvalue weighted by Gasteiger charge is -2.11. The Morgan fingerprint density at radius 2 is 2.15 bits per heavy atom. The van der Waals surface area contributed by atoms with Crippen LogP contribution in [0.15, 0.2) is 36.7 Å². The predicted octanol–water partition coefficient (Wildman–Crippen LogP) is 1.34. The van der Waals surface area contributed by atoms with Crippen molar-refractivity contribution in [3.8, 4) is 0 Å². The van der Waals surface area contributed by atoms with Crippen molar-refractivity contribution in [3.63, 3.8) is 0 Å². The van der Waals surface area contributed by atoms with E-state index in [0.717, 1.165) is 28.7 Å². The zero-order valence-electron chi connectivity index (χ0n) is 11.6. The van der Waals surface area contributed by atoms with E-state index < -0.39 is 0 Å². The van der Waals surface area contributed by atoms with Gasteiger partial charge in [-0.2, -0.15) is 10.2 Å². The molecule has 2 aromatic heterocycles. The van der Waals surface area contributed by atoms with Crippen molar-refractivity contribution >= 4 is 10.9 Å². The zero-order chi connectivity index (χ0) is 14.1. The third kappa shape index (κ3) is 1.99. The van der Waals surface area contributed by atoms with E-state index in [2.05, 4.69) is 34.7 Å². The fraction of sp³-hybridized carbons (Fsp3) is 0.286. The molecule has 6 heteroatoms. The Balaban J connectivity index is 2.11. The number of rotatable bonds is 4. The van der Waals surface area contributed by atoms with Gasteiger partial charge in [0.15, 0.2) is 0 Å². The van der Waals surface area contributed by atoms with Crippen molar-refractivity contribution in [2.45, 2.75) is 19.5 Å². The first kappa shape index (κ1) is 12.8. The van der Waals surface area contributed by atoms with Crippen LogP contribution >= 0.6 is 0 Å². The molecule has 3 aromatic rings. The second-order valence-corrected chi connectivity index (χ2v) is 4.76. The van der Waals surface area contributed by atoms with Gasteiger partial charge in [0, 0.05) is 30.7 Å². The van der Waals surface area contributed by atoms with Crippen molar-refractivity contribution in [2.24, 2.45) is 12.9 Å². The highest BCUT2D eigenvalue weighted by Crippen LogP contribution is 2.27. The SMILES string of the molecule is CCn1cc(C(NN)c2nn(C)c3ccccc23)cn1. The number of hydrogen-bond donors (Lipinski definition) is 2. The summed E-state index contributed by atoms with van der Waals surface area (Å²) in [7, 11) is 1.94. The third-order valence-corrected chi connectivity index (χ3v) is 3.54. The second-order valence-electron chi connectivity index (χ2n) is 4.76. The Hall–Kier alpha value is -2.18. The number of para-hydroxylation sites is 1. The highest BCUT2D eigenvalue weighted by Gasteiger charge is 2.20. The molecular formula is C14H18N6. The summed E-state index contributed by atoms with van der Waals surface area (Å²) in [5.41, 5.74) is 5.87. The van der Waals surface area contributed by atoms with Crippen molar-refractivity contribution in [1.29, 1.82) is 0 Å². The van der Waals surface area contributed by atoms with Gasteiger partial charge in [-0.15, -0.1) is 0 Å². The van der Waals surface area contributed by atoms with Gasteiger partial charge in [0.05, 0.1) is 23.4 Å². The normalized spacial score (nSPS) is 12.9. The van der Waals surface area contributed by atoms with Crippen LogP contribution in [0.4, 0.5) is 0 Å². The minimum atomic E-state index is -0.165. The van der Waals surface area contributed by atoms with Crippen LogP contribution in [0.5, 0.6) is 0 Å². The fourth-order valence-corrected chi connectivity index (χ4v) is 2.49. The van der Waals surface area contributed by atoms with Gasteiger partial charge in [-0.1, -0.05) is 18.2 Å². The van der Waals surface area contributed by atoms with Crippen molar-refractivity contribution in [2.75, 3.05) is 0 Å². The minimum absolute atomic E-state index is 0.165. The molecule has 1 atom stereocenters. The molecule has 0 saturated heterocycles. The number of aryl methyl sites for hydroxylation is 2. The lowest BCUT2D eigenvalue weighted by molar-refractivity contribution is 0.605. The Kier molecular flexibility index (Phi) is 3.25. The Morgan fingerprint density at radius 3 is 2.85 bits per heavy atom. The van der Waals surface area contributed by atoms with Crippen LogP contribution in [-0.2, 0) is 13.6 Å². The summed E-state index contributed by atoms with van der Waals surface area (Å²) in [4.78, 5) is 0. The van der Waals surface area contributed by atoms with Gasteiger partial charge in [-0.05, 0) is 13.0 Å². The molecule has 1 unspecified atom stereocenters. The van der Waals surface area contributed by atoms with E-state index in [4.69, 9.17) is 5.84 Å². The van der Waals surface area contributed by atoms with Crippen molar-refractivity contribution in [3.05, 3.63) is 47.9 Å². The molecule has 20 heavy (non-hydrogen) atoms. The summed E-state index contributed by atoms with van der Waals surface area (Å²) in [6, 6.07) is 7.97. The molecule has 0 aliphatic rings. The summed E-state index contributed by atoms with van der Waals surface area (Å²) in [6.07, 6.45) is 3.82. The van der Waals surface area contributed by atoms with E-state index in [9.17, 15) is 0 Å². The molecule has 6 nitrogen and oxygen atoms in total. The maximum absolute atomic E-state index is 5.75. The molecule has 0 saturated carbocycles. The number of aromatic nitrogens is 4. The first-order chi connectivity index (χ1) is 9.74. The van der Waals surface area contributed by atoms with Crippen LogP contribution in [-0.4, -0.2) is 19.6 Å². The van der Waals surface area contributed by atoms with Gasteiger partial charge in [0.2, 0.25) is 0 Å². The topological polar surface area (TPSA) is 73.7 Å². The van der Waals surface area contributed by atoms with Crippen molar-refractivity contribution < 1.29 is 0 Å². The Morgan fingerprint density at radius 1 is 1.35 bits per heavy atom. The number of fused-ring (bicyclic) bond motifs is 1. The molecule has 0 aliphatic carbocycles. The molecule has 104 valence electrons. The number of nitrogens with one attached hydrogen (secondary N) is 1. The number of nitrogens with two attached hydrogens (primary N) is 1. The van der Waals surface area contributed by atoms with Gasteiger partial charge in [0.1, 0.15) is 0 Å². The summed E-state index contributed by atoms with van der Waals surface area (Å²) >= 11 is 0. The van der Waals surface area contributed by atoms with E-state index in [1.165, 1.54) is 0 Å². The standard InChI is InChI=1S/C14H18N6/c1-3-20-9-10(8-16-20)13(17-15)14-11-6-4-5-7-12(11)19(2)18-14/h4-9,13,17H,3,15H2,1-2H3. The summed E-state index contributed by atoms with van der Waals surface area (Å²) in [6.45, 7) is 2.89. The highest BCUT2D eigenvalue weighted by molar-refractivity contribution is 5.82. The number of benzene rings is 1. The molecule has 3 rings (SSSR count). The molecular weight excluding hydrogens is 252 g/mol. The van der Waals surface area contributed by atoms with E-state index in [1.54, 1.807) is 0 Å². The van der Waals surface area contributed by atoms with E-state index in [0.29, 0.717) is 0 Å². The lowest BCUT2D eigenvalue weighted by Crippen LogP contribution is -2.29. The van der Waals surface area contributed by atoms with Crippen LogP contribution in [0.1, 0.15) is 24.2 Å². The Bertz CT molecular complexity index is 726. The quantitative estimate of drug-likeness (QED) is 0.554. The Labute approximate surface area is 117 Å². The largest absolute Gasteiger partial charge is 0.273 e. The van der Waals surface area contributed by atoms with Crippen LogP contribution in [0.25, 0.3) is 10.9 Å². The van der Waals surface area contributed by atoms with Crippen LogP contribution in [0, 0.1) is 0 Å². The number of nitrogens with zero attached hydrogens (tertiary/aromatic N) is 4. The fourth-order valence-electron chi connectivity index (χ4n) is 2.49. The van der Waals surface area contributed by atoms with Crippen molar-refractivity contribution in [1.82, 2.24) is 25.0 Å². The number of hydrogen-bond acceptors (Lipinski definition) is 4. The maximum atomic E-state index is 5.75. The molecule has 0 bridgehead atoms.